The van der Waals surface area contributed by atoms with Crippen LogP contribution in [-0.4, -0.2) is 22.7 Å². The van der Waals surface area contributed by atoms with E-state index in [-0.39, 0.29) is 12.7 Å². The normalized spacial score (nSPS) is 12.1. The Morgan fingerprint density at radius 1 is 1.07 bits per heavy atom. The number of amides is 1. The topological polar surface area (TPSA) is 85.4 Å². The van der Waals surface area contributed by atoms with Gasteiger partial charge >= 0.3 is 0 Å². The van der Waals surface area contributed by atoms with Crippen LogP contribution in [0.5, 0.6) is 11.5 Å². The van der Waals surface area contributed by atoms with E-state index in [1.54, 1.807) is 18.2 Å². The molecule has 0 unspecified atom stereocenters. The number of ether oxygens (including phenoxy) is 2. The molecule has 4 rings (SSSR count). The summed E-state index contributed by atoms with van der Waals surface area (Å²) in [6, 6.07) is 11.4. The van der Waals surface area contributed by atoms with Crippen LogP contribution < -0.4 is 20.1 Å². The molecule has 2 N–H and O–H groups in total. The van der Waals surface area contributed by atoms with Crippen molar-refractivity contribution in [2.24, 2.45) is 0 Å². The van der Waals surface area contributed by atoms with Crippen molar-refractivity contribution in [3.63, 3.8) is 0 Å². The number of aryl methyl sites for hydroxylation is 1. The van der Waals surface area contributed by atoms with Gasteiger partial charge in [-0.15, -0.1) is 0 Å². The predicted octanol–water partition coefficient (Wildman–Crippen LogP) is 4.63. The maximum absolute atomic E-state index is 12.5. The van der Waals surface area contributed by atoms with E-state index in [0.29, 0.717) is 34.6 Å². The van der Waals surface area contributed by atoms with Crippen molar-refractivity contribution in [1.82, 2.24) is 9.97 Å². The molecule has 1 aliphatic heterocycles. The summed E-state index contributed by atoms with van der Waals surface area (Å²) in [5, 5.41) is 6.10. The summed E-state index contributed by atoms with van der Waals surface area (Å²) in [4.78, 5) is 21.1. The third kappa shape index (κ3) is 3.99. The fourth-order valence-corrected chi connectivity index (χ4v) is 3.14. The number of anilines is 3. The van der Waals surface area contributed by atoms with Gasteiger partial charge in [-0.2, -0.15) is 0 Å². The highest BCUT2D eigenvalue weighted by Gasteiger charge is 2.15. The largest absolute Gasteiger partial charge is 0.454 e. The van der Waals surface area contributed by atoms with Gasteiger partial charge in [0.05, 0.1) is 5.56 Å². The highest BCUT2D eigenvalue weighted by molar-refractivity contribution is 6.04. The van der Waals surface area contributed by atoms with Crippen molar-refractivity contribution in [2.75, 3.05) is 17.4 Å². The predicted molar refractivity (Wildman–Crippen MR) is 111 cm³/mol. The van der Waals surface area contributed by atoms with E-state index < -0.39 is 0 Å². The van der Waals surface area contributed by atoms with Gasteiger partial charge in [-0.25, -0.2) is 9.97 Å². The smallest absolute Gasteiger partial charge is 0.258 e. The van der Waals surface area contributed by atoms with Crippen LogP contribution in [0, 0.1) is 6.92 Å². The Morgan fingerprint density at radius 3 is 2.59 bits per heavy atom. The number of nitrogens with zero attached hydrogens (tertiary/aromatic N) is 2. The van der Waals surface area contributed by atoms with Crippen molar-refractivity contribution in [3.8, 4) is 11.5 Å². The molecule has 2 heterocycles. The number of hydrogen-bond acceptors (Lipinski definition) is 6. The SMILES string of the molecule is Cc1cccc(C(C)C)c1Nc1ncc(C(=O)Nc2ccc3c(c2)OCO3)cn1. The fourth-order valence-electron chi connectivity index (χ4n) is 3.14. The first-order chi connectivity index (χ1) is 14.0. The molecule has 0 atom stereocenters. The molecule has 148 valence electrons. The van der Waals surface area contributed by atoms with Crippen LogP contribution >= 0.6 is 0 Å². The quantitative estimate of drug-likeness (QED) is 0.660. The van der Waals surface area contributed by atoms with Crippen LogP contribution in [0.4, 0.5) is 17.3 Å². The van der Waals surface area contributed by atoms with E-state index in [1.165, 1.54) is 18.0 Å². The van der Waals surface area contributed by atoms with Crippen LogP contribution in [-0.2, 0) is 0 Å². The second-order valence-electron chi connectivity index (χ2n) is 7.14. The lowest BCUT2D eigenvalue weighted by Gasteiger charge is -2.16. The zero-order valence-electron chi connectivity index (χ0n) is 16.5. The van der Waals surface area contributed by atoms with E-state index in [1.807, 2.05) is 19.1 Å². The van der Waals surface area contributed by atoms with Crippen LogP contribution in [0.3, 0.4) is 0 Å². The molecular weight excluding hydrogens is 368 g/mol. The maximum Gasteiger partial charge on any atom is 0.258 e. The van der Waals surface area contributed by atoms with Crippen molar-refractivity contribution in [1.29, 1.82) is 0 Å². The first-order valence-electron chi connectivity index (χ1n) is 9.41. The molecule has 0 radical (unpaired) electrons. The first-order valence-corrected chi connectivity index (χ1v) is 9.41. The van der Waals surface area contributed by atoms with Gasteiger partial charge < -0.3 is 20.1 Å². The molecule has 3 aromatic rings. The van der Waals surface area contributed by atoms with Crippen molar-refractivity contribution in [3.05, 3.63) is 65.5 Å². The highest BCUT2D eigenvalue weighted by Crippen LogP contribution is 2.34. The Bertz CT molecular complexity index is 1050. The third-order valence-corrected chi connectivity index (χ3v) is 4.71. The van der Waals surface area contributed by atoms with Gasteiger partial charge in [-0.1, -0.05) is 32.0 Å². The number of carbonyl (C=O) groups is 1. The van der Waals surface area contributed by atoms with Gasteiger partial charge in [0, 0.05) is 29.8 Å². The van der Waals surface area contributed by atoms with Crippen LogP contribution in [0.25, 0.3) is 0 Å². The zero-order valence-corrected chi connectivity index (χ0v) is 16.5. The van der Waals surface area contributed by atoms with E-state index in [9.17, 15) is 4.79 Å². The molecule has 1 amide bonds. The number of nitrogens with one attached hydrogen (secondary N) is 2. The van der Waals surface area contributed by atoms with Gasteiger partial charge in [0.1, 0.15) is 0 Å². The second kappa shape index (κ2) is 7.79. The molecule has 0 saturated heterocycles. The van der Waals surface area contributed by atoms with Gasteiger partial charge in [0.2, 0.25) is 12.7 Å². The van der Waals surface area contributed by atoms with Crippen molar-refractivity contribution < 1.29 is 14.3 Å². The van der Waals surface area contributed by atoms with Crippen LogP contribution in [0.15, 0.2) is 48.8 Å². The maximum atomic E-state index is 12.5. The molecular formula is C22H22N4O3. The number of carbonyl (C=O) groups excluding carboxylic acids is 1. The molecule has 0 aliphatic carbocycles. The standard InChI is InChI=1S/C22H22N4O3/c1-13(2)17-6-4-5-14(3)20(17)26-22-23-10-15(11-24-22)21(27)25-16-7-8-18-19(9-16)29-12-28-18/h4-11,13H,12H2,1-3H3,(H,25,27)(H,23,24,26). The Balaban J connectivity index is 1.48. The minimum Gasteiger partial charge on any atom is -0.454 e. The monoisotopic (exact) mass is 390 g/mol. The van der Waals surface area contributed by atoms with Crippen LogP contribution in [0.2, 0.25) is 0 Å². The summed E-state index contributed by atoms with van der Waals surface area (Å²) in [5.41, 5.74) is 4.28. The summed E-state index contributed by atoms with van der Waals surface area (Å²) in [7, 11) is 0. The van der Waals surface area contributed by atoms with Crippen LogP contribution in [0.1, 0.15) is 41.3 Å². The summed E-state index contributed by atoms with van der Waals surface area (Å²) in [5.74, 6) is 1.79. The van der Waals surface area contributed by atoms with E-state index in [2.05, 4.69) is 40.5 Å². The molecule has 0 spiro atoms. The summed E-state index contributed by atoms with van der Waals surface area (Å²) < 4.78 is 10.6. The number of benzene rings is 2. The summed E-state index contributed by atoms with van der Waals surface area (Å²) in [6.45, 7) is 6.52. The lowest BCUT2D eigenvalue weighted by Crippen LogP contribution is -2.13. The number of rotatable bonds is 5. The molecule has 0 saturated carbocycles. The Morgan fingerprint density at radius 2 is 1.83 bits per heavy atom. The van der Waals surface area contributed by atoms with Gasteiger partial charge in [-0.3, -0.25) is 4.79 Å². The Hall–Kier alpha value is -3.61. The molecule has 7 heteroatoms. The molecule has 2 aromatic carbocycles. The number of hydrogen-bond donors (Lipinski definition) is 2. The Kier molecular flexibility index (Phi) is 5.03. The van der Waals surface area contributed by atoms with Gasteiger partial charge in [-0.05, 0) is 36.1 Å². The molecule has 1 aromatic heterocycles. The molecule has 0 fully saturated rings. The summed E-state index contributed by atoms with van der Waals surface area (Å²) in [6.07, 6.45) is 3.01. The number of fused-ring (bicyclic) bond motifs is 1. The second-order valence-corrected chi connectivity index (χ2v) is 7.14. The van der Waals surface area contributed by atoms with Crippen molar-refractivity contribution >= 4 is 23.2 Å². The number of para-hydroxylation sites is 1. The van der Waals surface area contributed by atoms with Crippen molar-refractivity contribution in [2.45, 2.75) is 26.7 Å². The number of aromatic nitrogens is 2. The average Bonchev–Trinajstić information content (AvgIpc) is 3.17. The highest BCUT2D eigenvalue weighted by atomic mass is 16.7. The first kappa shape index (κ1) is 18.7. The minimum absolute atomic E-state index is 0.189. The minimum atomic E-state index is -0.297. The van der Waals surface area contributed by atoms with E-state index in [0.717, 1.165) is 11.3 Å². The lowest BCUT2D eigenvalue weighted by molar-refractivity contribution is 0.102. The van der Waals surface area contributed by atoms with Gasteiger partial charge in [0.15, 0.2) is 11.5 Å². The van der Waals surface area contributed by atoms with E-state index >= 15 is 0 Å². The lowest BCUT2D eigenvalue weighted by atomic mass is 9.98. The Labute approximate surface area is 169 Å². The third-order valence-electron chi connectivity index (χ3n) is 4.71. The fraction of sp³-hybridized carbons (Fsp3) is 0.227. The average molecular weight is 390 g/mol. The molecule has 1 aliphatic rings. The summed E-state index contributed by atoms with van der Waals surface area (Å²) >= 11 is 0. The van der Waals surface area contributed by atoms with E-state index in [4.69, 9.17) is 9.47 Å². The molecule has 29 heavy (non-hydrogen) atoms. The zero-order chi connectivity index (χ0) is 20.4. The molecule has 7 nitrogen and oxygen atoms in total. The molecule has 0 bridgehead atoms. The van der Waals surface area contributed by atoms with Gasteiger partial charge in [0.25, 0.3) is 5.91 Å².